The summed E-state index contributed by atoms with van der Waals surface area (Å²) in [5, 5.41) is 9.33. The lowest BCUT2D eigenvalue weighted by atomic mass is 10.0. The number of hydrogen-bond donors (Lipinski definition) is 0. The van der Waals surface area contributed by atoms with E-state index in [0.717, 1.165) is 0 Å². The second-order valence-corrected chi connectivity index (χ2v) is 5.56. The number of nitriles is 1. The molecule has 20 heavy (non-hydrogen) atoms. The van der Waals surface area contributed by atoms with Gasteiger partial charge >= 0.3 is 0 Å². The molecule has 1 amide bonds. The summed E-state index contributed by atoms with van der Waals surface area (Å²) in [4.78, 5) is 23.9. The van der Waals surface area contributed by atoms with E-state index in [2.05, 4.69) is 20.9 Å². The van der Waals surface area contributed by atoms with Gasteiger partial charge in [0.1, 0.15) is 16.4 Å². The molecule has 0 aromatic carbocycles. The molecule has 1 fully saturated rings. The van der Waals surface area contributed by atoms with Gasteiger partial charge in [-0.2, -0.15) is 5.26 Å². The molecule has 0 aliphatic carbocycles. The molecular weight excluding hydrogens is 278 g/mol. The van der Waals surface area contributed by atoms with Gasteiger partial charge in [-0.25, -0.2) is 4.98 Å². The quantitative estimate of drug-likeness (QED) is 0.819. The maximum atomic E-state index is 12.3. The number of hydrogen-bond acceptors (Lipinski definition) is 5. The van der Waals surface area contributed by atoms with Crippen molar-refractivity contribution < 1.29 is 4.79 Å². The van der Waals surface area contributed by atoms with E-state index < -0.39 is 5.54 Å². The van der Waals surface area contributed by atoms with Gasteiger partial charge in [-0.1, -0.05) is 11.6 Å². The highest BCUT2D eigenvalue weighted by molar-refractivity contribution is 6.29. The summed E-state index contributed by atoms with van der Waals surface area (Å²) in [5.74, 6) is -0.172. The highest BCUT2D eigenvalue weighted by Crippen LogP contribution is 2.17. The van der Waals surface area contributed by atoms with Crippen molar-refractivity contribution in [1.29, 1.82) is 5.26 Å². The fourth-order valence-electron chi connectivity index (χ4n) is 2.15. The first kappa shape index (κ1) is 14.7. The van der Waals surface area contributed by atoms with Crippen LogP contribution in [0.3, 0.4) is 0 Å². The van der Waals surface area contributed by atoms with E-state index in [0.29, 0.717) is 26.2 Å². The fraction of sp³-hybridized carbons (Fsp3) is 0.538. The van der Waals surface area contributed by atoms with Crippen molar-refractivity contribution in [3.05, 3.63) is 23.2 Å². The second kappa shape index (κ2) is 5.73. The minimum Gasteiger partial charge on any atom is -0.335 e. The molecule has 6 nitrogen and oxygen atoms in total. The van der Waals surface area contributed by atoms with Gasteiger partial charge in [0.05, 0.1) is 18.5 Å². The monoisotopic (exact) mass is 293 g/mol. The Morgan fingerprint density at radius 1 is 1.35 bits per heavy atom. The summed E-state index contributed by atoms with van der Waals surface area (Å²) in [6.07, 6.45) is 2.81. The van der Waals surface area contributed by atoms with Gasteiger partial charge in [-0.05, 0) is 13.8 Å². The van der Waals surface area contributed by atoms with E-state index in [1.165, 1.54) is 12.4 Å². The second-order valence-electron chi connectivity index (χ2n) is 5.18. The SMILES string of the molecule is CC(C)(C#N)N1CCN(C(=O)c2cncc(Cl)n2)CC1. The molecule has 1 aromatic rings. The Hall–Kier alpha value is -1.71. The average Bonchev–Trinajstić information content (AvgIpc) is 2.46. The van der Waals surface area contributed by atoms with Gasteiger partial charge in [-0.15, -0.1) is 0 Å². The molecule has 1 aliphatic heterocycles. The van der Waals surface area contributed by atoms with E-state index in [1.54, 1.807) is 4.90 Å². The number of nitrogens with zero attached hydrogens (tertiary/aromatic N) is 5. The first-order chi connectivity index (χ1) is 9.44. The first-order valence-electron chi connectivity index (χ1n) is 6.37. The van der Waals surface area contributed by atoms with Crippen LogP contribution in [-0.2, 0) is 0 Å². The number of halogens is 1. The Bertz CT molecular complexity index is 546. The standard InChI is InChI=1S/C13H16ClN5O/c1-13(2,9-15)19-5-3-18(4-6-19)12(20)10-7-16-8-11(14)17-10/h7-8H,3-6H2,1-2H3. The minimum absolute atomic E-state index is 0.172. The largest absolute Gasteiger partial charge is 0.335 e. The molecule has 0 bridgehead atoms. The maximum absolute atomic E-state index is 12.3. The fourth-order valence-corrected chi connectivity index (χ4v) is 2.29. The zero-order chi connectivity index (χ0) is 14.8. The van der Waals surface area contributed by atoms with Crippen LogP contribution in [0.2, 0.25) is 5.15 Å². The predicted molar refractivity (Wildman–Crippen MR) is 74.2 cm³/mol. The highest BCUT2D eigenvalue weighted by atomic mass is 35.5. The predicted octanol–water partition coefficient (Wildman–Crippen LogP) is 1.19. The molecule has 1 aliphatic rings. The van der Waals surface area contributed by atoms with Crippen molar-refractivity contribution in [2.24, 2.45) is 0 Å². The molecule has 0 saturated carbocycles. The zero-order valence-electron chi connectivity index (χ0n) is 11.5. The van der Waals surface area contributed by atoms with Crippen LogP contribution in [0.25, 0.3) is 0 Å². The average molecular weight is 294 g/mol. The van der Waals surface area contributed by atoms with Crippen molar-refractivity contribution in [1.82, 2.24) is 19.8 Å². The summed E-state index contributed by atoms with van der Waals surface area (Å²) in [7, 11) is 0. The van der Waals surface area contributed by atoms with Crippen molar-refractivity contribution in [2.75, 3.05) is 26.2 Å². The summed E-state index contributed by atoms with van der Waals surface area (Å²) in [6.45, 7) is 6.23. The van der Waals surface area contributed by atoms with Crippen LogP contribution in [0.1, 0.15) is 24.3 Å². The van der Waals surface area contributed by atoms with Crippen molar-refractivity contribution in [2.45, 2.75) is 19.4 Å². The molecule has 0 unspecified atom stereocenters. The lowest BCUT2D eigenvalue weighted by Gasteiger charge is -2.40. The Balaban J connectivity index is 2.01. The summed E-state index contributed by atoms with van der Waals surface area (Å²) in [6, 6.07) is 2.28. The van der Waals surface area contributed by atoms with Gasteiger partial charge in [-0.3, -0.25) is 14.7 Å². The zero-order valence-corrected chi connectivity index (χ0v) is 12.3. The molecular formula is C13H16ClN5O. The van der Waals surface area contributed by atoms with Gasteiger partial charge in [0.2, 0.25) is 0 Å². The minimum atomic E-state index is -0.509. The van der Waals surface area contributed by atoms with Gasteiger partial charge in [0.15, 0.2) is 0 Å². The molecule has 0 radical (unpaired) electrons. The summed E-state index contributed by atoms with van der Waals surface area (Å²) < 4.78 is 0. The summed E-state index contributed by atoms with van der Waals surface area (Å²) >= 11 is 5.74. The Morgan fingerprint density at radius 3 is 2.55 bits per heavy atom. The first-order valence-corrected chi connectivity index (χ1v) is 6.75. The molecule has 7 heteroatoms. The van der Waals surface area contributed by atoms with Crippen LogP contribution in [-0.4, -0.2) is 57.4 Å². The van der Waals surface area contributed by atoms with Crippen LogP contribution in [0.15, 0.2) is 12.4 Å². The van der Waals surface area contributed by atoms with Crippen LogP contribution in [0.5, 0.6) is 0 Å². The van der Waals surface area contributed by atoms with E-state index in [1.807, 2.05) is 13.8 Å². The van der Waals surface area contributed by atoms with Gasteiger partial charge in [0.25, 0.3) is 5.91 Å². The van der Waals surface area contributed by atoms with Crippen molar-refractivity contribution in [3.8, 4) is 6.07 Å². The molecule has 0 N–H and O–H groups in total. The molecule has 0 spiro atoms. The van der Waals surface area contributed by atoms with E-state index >= 15 is 0 Å². The van der Waals surface area contributed by atoms with Crippen LogP contribution < -0.4 is 0 Å². The lowest BCUT2D eigenvalue weighted by Crippen LogP contribution is -2.55. The number of carbonyl (C=O) groups excluding carboxylic acids is 1. The third-order valence-corrected chi connectivity index (χ3v) is 3.64. The number of piperazine rings is 1. The Morgan fingerprint density at radius 2 is 2.00 bits per heavy atom. The van der Waals surface area contributed by atoms with E-state index in [-0.39, 0.29) is 16.8 Å². The smallest absolute Gasteiger partial charge is 0.274 e. The topological polar surface area (TPSA) is 73.1 Å². The number of amides is 1. The molecule has 0 atom stereocenters. The Labute approximate surface area is 123 Å². The third-order valence-electron chi connectivity index (χ3n) is 3.46. The number of carbonyl (C=O) groups is 1. The van der Waals surface area contributed by atoms with Crippen LogP contribution in [0.4, 0.5) is 0 Å². The molecule has 1 saturated heterocycles. The Kier molecular flexibility index (Phi) is 4.21. The van der Waals surface area contributed by atoms with Crippen LogP contribution in [0, 0.1) is 11.3 Å². The van der Waals surface area contributed by atoms with Gasteiger partial charge < -0.3 is 4.90 Å². The molecule has 2 rings (SSSR count). The van der Waals surface area contributed by atoms with Crippen molar-refractivity contribution >= 4 is 17.5 Å². The number of aromatic nitrogens is 2. The highest BCUT2D eigenvalue weighted by Gasteiger charge is 2.31. The van der Waals surface area contributed by atoms with Crippen LogP contribution >= 0.6 is 11.6 Å². The number of rotatable bonds is 2. The van der Waals surface area contributed by atoms with Crippen molar-refractivity contribution in [3.63, 3.8) is 0 Å². The van der Waals surface area contributed by atoms with Gasteiger partial charge in [0, 0.05) is 26.2 Å². The molecule has 1 aromatic heterocycles. The maximum Gasteiger partial charge on any atom is 0.274 e. The van der Waals surface area contributed by atoms with E-state index in [9.17, 15) is 4.79 Å². The molecule has 2 heterocycles. The third kappa shape index (κ3) is 3.06. The summed E-state index contributed by atoms with van der Waals surface area (Å²) in [5.41, 5.74) is -0.254. The van der Waals surface area contributed by atoms with E-state index in [4.69, 9.17) is 16.9 Å². The lowest BCUT2D eigenvalue weighted by molar-refractivity contribution is 0.0515. The molecule has 106 valence electrons. The normalized spacial score (nSPS) is 16.8.